The van der Waals surface area contributed by atoms with Crippen molar-refractivity contribution in [3.63, 3.8) is 0 Å². The number of rotatable bonds is 7. The van der Waals surface area contributed by atoms with Crippen molar-refractivity contribution in [3.8, 4) is 5.75 Å². The number of aliphatic hydroxyl groups is 1. The Morgan fingerprint density at radius 1 is 1.33 bits per heavy atom. The summed E-state index contributed by atoms with van der Waals surface area (Å²) in [5.74, 6) is 1.88. The third-order valence-electron chi connectivity index (χ3n) is 2.55. The third kappa shape index (κ3) is 3.73. The molecule has 6 heteroatoms. The quantitative estimate of drug-likeness (QED) is 0.684. The lowest BCUT2D eigenvalue weighted by Crippen LogP contribution is -2.32. The molecular weight excluding hydrogens is 232 g/mol. The van der Waals surface area contributed by atoms with Crippen molar-refractivity contribution in [3.05, 3.63) is 6.33 Å². The van der Waals surface area contributed by atoms with Gasteiger partial charge in [-0.05, 0) is 27.2 Å². The molecular formula is C12H22N4O2. The van der Waals surface area contributed by atoms with Crippen molar-refractivity contribution in [1.82, 2.24) is 9.97 Å². The Labute approximate surface area is 108 Å². The number of anilines is 2. The Bertz CT molecular complexity index is 382. The van der Waals surface area contributed by atoms with E-state index in [0.29, 0.717) is 23.8 Å². The highest BCUT2D eigenvalue weighted by Crippen LogP contribution is 2.31. The lowest BCUT2D eigenvalue weighted by Gasteiger charge is -2.27. The molecule has 0 aliphatic carbocycles. The Kier molecular flexibility index (Phi) is 5.15. The van der Waals surface area contributed by atoms with E-state index in [0.717, 1.165) is 6.54 Å². The molecule has 18 heavy (non-hydrogen) atoms. The number of hydrogen-bond donors (Lipinski definition) is 3. The van der Waals surface area contributed by atoms with Crippen LogP contribution in [-0.2, 0) is 0 Å². The summed E-state index contributed by atoms with van der Waals surface area (Å²) in [6, 6.07) is 0. The second-order valence-corrected chi connectivity index (χ2v) is 4.62. The molecule has 1 aromatic heterocycles. The summed E-state index contributed by atoms with van der Waals surface area (Å²) < 4.78 is 5.34. The van der Waals surface area contributed by atoms with Gasteiger partial charge in [-0.3, -0.25) is 0 Å². The van der Waals surface area contributed by atoms with E-state index < -0.39 is 0 Å². The molecule has 1 aromatic rings. The van der Waals surface area contributed by atoms with Crippen LogP contribution in [0.15, 0.2) is 6.33 Å². The van der Waals surface area contributed by atoms with E-state index in [-0.39, 0.29) is 12.1 Å². The highest BCUT2D eigenvalue weighted by atomic mass is 16.5. The number of nitrogens with one attached hydrogen (secondary N) is 2. The van der Waals surface area contributed by atoms with Gasteiger partial charge in [-0.2, -0.15) is 0 Å². The van der Waals surface area contributed by atoms with Gasteiger partial charge in [0.1, 0.15) is 6.33 Å². The van der Waals surface area contributed by atoms with E-state index in [9.17, 15) is 0 Å². The second-order valence-electron chi connectivity index (χ2n) is 4.62. The predicted octanol–water partition coefficient (Wildman–Crippen LogP) is 1.49. The van der Waals surface area contributed by atoms with Crippen LogP contribution in [-0.4, -0.2) is 40.9 Å². The van der Waals surface area contributed by atoms with Crippen LogP contribution in [0.1, 0.15) is 27.2 Å². The third-order valence-corrected chi connectivity index (χ3v) is 2.55. The van der Waals surface area contributed by atoms with Gasteiger partial charge in [-0.1, -0.05) is 0 Å². The zero-order chi connectivity index (χ0) is 13.6. The van der Waals surface area contributed by atoms with Crippen molar-refractivity contribution >= 4 is 11.6 Å². The number of ether oxygens (including phenoxy) is 1. The molecule has 0 aromatic carbocycles. The fourth-order valence-corrected chi connectivity index (χ4v) is 1.61. The summed E-state index contributed by atoms with van der Waals surface area (Å²) in [6.07, 6.45) is 2.11. The summed E-state index contributed by atoms with van der Waals surface area (Å²) >= 11 is 0. The van der Waals surface area contributed by atoms with Crippen LogP contribution in [0.3, 0.4) is 0 Å². The van der Waals surface area contributed by atoms with Gasteiger partial charge in [0, 0.05) is 18.7 Å². The first kappa shape index (κ1) is 14.5. The van der Waals surface area contributed by atoms with E-state index in [2.05, 4.69) is 20.6 Å². The van der Waals surface area contributed by atoms with Crippen molar-refractivity contribution in [1.29, 1.82) is 0 Å². The molecule has 0 aliphatic rings. The monoisotopic (exact) mass is 254 g/mol. The number of nitrogens with zero attached hydrogens (tertiary/aromatic N) is 2. The van der Waals surface area contributed by atoms with Crippen LogP contribution in [0.4, 0.5) is 11.6 Å². The molecule has 6 nitrogen and oxygen atoms in total. The Balaban J connectivity index is 2.97. The van der Waals surface area contributed by atoms with E-state index in [1.54, 1.807) is 7.11 Å². The maximum Gasteiger partial charge on any atom is 0.204 e. The summed E-state index contributed by atoms with van der Waals surface area (Å²) in [5, 5.41) is 15.4. The van der Waals surface area contributed by atoms with Gasteiger partial charge in [0.05, 0.1) is 7.11 Å². The highest BCUT2D eigenvalue weighted by Gasteiger charge is 2.21. The van der Waals surface area contributed by atoms with Crippen molar-refractivity contribution in [2.75, 3.05) is 30.9 Å². The number of aliphatic hydroxyl groups excluding tert-OH is 1. The van der Waals surface area contributed by atoms with Crippen molar-refractivity contribution < 1.29 is 9.84 Å². The Hall–Kier alpha value is -1.56. The van der Waals surface area contributed by atoms with Crippen molar-refractivity contribution in [2.45, 2.75) is 32.7 Å². The lowest BCUT2D eigenvalue weighted by atomic mass is 10.0. The summed E-state index contributed by atoms with van der Waals surface area (Å²) in [7, 11) is 1.59. The van der Waals surface area contributed by atoms with Crippen molar-refractivity contribution in [2.24, 2.45) is 0 Å². The second kappa shape index (κ2) is 6.39. The van der Waals surface area contributed by atoms with Gasteiger partial charge < -0.3 is 20.5 Å². The van der Waals surface area contributed by atoms with E-state index in [1.165, 1.54) is 6.33 Å². The van der Waals surface area contributed by atoms with E-state index >= 15 is 0 Å². The van der Waals surface area contributed by atoms with Crippen LogP contribution >= 0.6 is 0 Å². The van der Waals surface area contributed by atoms with Crippen LogP contribution < -0.4 is 15.4 Å². The molecule has 0 fully saturated rings. The maximum absolute atomic E-state index is 9.03. The Morgan fingerprint density at radius 3 is 2.56 bits per heavy atom. The molecule has 0 radical (unpaired) electrons. The molecule has 0 atom stereocenters. The van der Waals surface area contributed by atoms with Crippen LogP contribution in [0.5, 0.6) is 5.75 Å². The zero-order valence-electron chi connectivity index (χ0n) is 11.4. The molecule has 1 rings (SSSR count). The highest BCUT2D eigenvalue weighted by molar-refractivity contribution is 5.64. The molecule has 0 spiro atoms. The fraction of sp³-hybridized carbons (Fsp3) is 0.667. The lowest BCUT2D eigenvalue weighted by molar-refractivity contribution is 0.260. The Morgan fingerprint density at radius 2 is 2.00 bits per heavy atom. The first-order valence-corrected chi connectivity index (χ1v) is 6.06. The molecule has 0 bridgehead atoms. The van der Waals surface area contributed by atoms with E-state index in [4.69, 9.17) is 9.84 Å². The summed E-state index contributed by atoms with van der Waals surface area (Å²) in [6.45, 7) is 6.86. The smallest absolute Gasteiger partial charge is 0.204 e. The summed E-state index contributed by atoms with van der Waals surface area (Å²) in [4.78, 5) is 8.33. The first-order chi connectivity index (χ1) is 8.54. The normalized spacial score (nSPS) is 11.2. The van der Waals surface area contributed by atoms with Crippen LogP contribution in [0.25, 0.3) is 0 Å². The minimum absolute atomic E-state index is 0.119. The van der Waals surface area contributed by atoms with Gasteiger partial charge in [-0.15, -0.1) is 0 Å². The van der Waals surface area contributed by atoms with Gasteiger partial charge in [0.15, 0.2) is 11.6 Å². The zero-order valence-corrected chi connectivity index (χ0v) is 11.4. The molecule has 102 valence electrons. The molecule has 0 saturated carbocycles. The topological polar surface area (TPSA) is 79.3 Å². The van der Waals surface area contributed by atoms with E-state index in [1.807, 2.05) is 20.8 Å². The average molecular weight is 254 g/mol. The SMILES string of the molecule is CCNc1ncnc(NC(C)(C)CCO)c1OC. The minimum atomic E-state index is -0.264. The molecule has 0 aliphatic heterocycles. The van der Waals surface area contributed by atoms with Crippen LogP contribution in [0, 0.1) is 0 Å². The number of aromatic nitrogens is 2. The number of hydrogen-bond acceptors (Lipinski definition) is 6. The molecule has 1 heterocycles. The standard InChI is InChI=1S/C12H22N4O2/c1-5-13-10-9(18-4)11(15-8-14-10)16-12(2,3)6-7-17/h8,17H,5-7H2,1-4H3,(H2,13,14,15,16). The summed E-state index contributed by atoms with van der Waals surface area (Å²) in [5.41, 5.74) is -0.264. The minimum Gasteiger partial charge on any atom is -0.490 e. The fourth-order valence-electron chi connectivity index (χ4n) is 1.61. The molecule has 0 unspecified atom stereocenters. The molecule has 0 amide bonds. The van der Waals surface area contributed by atoms with Gasteiger partial charge >= 0.3 is 0 Å². The van der Waals surface area contributed by atoms with Gasteiger partial charge in [0.2, 0.25) is 5.75 Å². The first-order valence-electron chi connectivity index (χ1n) is 6.06. The van der Waals surface area contributed by atoms with Gasteiger partial charge in [0.25, 0.3) is 0 Å². The average Bonchev–Trinajstić information content (AvgIpc) is 2.29. The largest absolute Gasteiger partial charge is 0.490 e. The molecule has 0 saturated heterocycles. The maximum atomic E-state index is 9.03. The number of methoxy groups -OCH3 is 1. The molecule has 3 N–H and O–H groups in total. The predicted molar refractivity (Wildman–Crippen MR) is 72.2 cm³/mol. The van der Waals surface area contributed by atoms with Gasteiger partial charge in [-0.25, -0.2) is 9.97 Å². The van der Waals surface area contributed by atoms with Crippen LogP contribution in [0.2, 0.25) is 0 Å².